The molecule has 0 aliphatic rings. The van der Waals surface area contributed by atoms with Crippen LogP contribution in [-0.4, -0.2) is 29.4 Å². The number of aromatic hydroxyl groups is 2. The van der Waals surface area contributed by atoms with Crippen LogP contribution in [0.3, 0.4) is 0 Å². The van der Waals surface area contributed by atoms with Crippen molar-refractivity contribution >= 4 is 33.3 Å². The van der Waals surface area contributed by atoms with Crippen molar-refractivity contribution in [1.82, 2.24) is 4.98 Å². The van der Waals surface area contributed by atoms with Gasteiger partial charge in [0.25, 0.3) is 0 Å². The largest absolute Gasteiger partial charge is 0.508 e. The third-order valence-electron chi connectivity index (χ3n) is 7.21. The number of phenols is 2. The zero-order valence-corrected chi connectivity index (χ0v) is 22.2. The smallest absolute Gasteiger partial charge is 0.124 e. The molecule has 6 rings (SSSR count). The first-order valence-corrected chi connectivity index (χ1v) is 12.9. The number of H-pyrrole nitrogens is 1. The molecule has 0 spiro atoms. The highest BCUT2D eigenvalue weighted by atomic mass is 35.5. The van der Waals surface area contributed by atoms with Gasteiger partial charge in [0.1, 0.15) is 23.0 Å². The second-order valence-corrected chi connectivity index (χ2v) is 9.86. The van der Waals surface area contributed by atoms with Crippen LogP contribution in [0.1, 0.15) is 22.7 Å². The van der Waals surface area contributed by atoms with Crippen LogP contribution in [0.25, 0.3) is 32.8 Å². The molecule has 3 N–H and O–H groups in total. The Bertz CT molecular complexity index is 1840. The Morgan fingerprint density at radius 2 is 1.46 bits per heavy atom. The first kappa shape index (κ1) is 24.7. The summed E-state index contributed by atoms with van der Waals surface area (Å²) < 4.78 is 11.1. The van der Waals surface area contributed by atoms with Gasteiger partial charge in [-0.25, -0.2) is 0 Å². The standard InChI is InChI=1S/C33H26ClNO4/c1-38-22-8-5-7-20(16-22)30(26-18-23(39-2)12-15-28(26)36)33-32(25-13-11-21(34)17-27(25)35-33)31-24-9-4-3-6-19(24)10-14-29(31)37/h3-18,30,35-37H,1-2H3. The Morgan fingerprint density at radius 3 is 2.28 bits per heavy atom. The van der Waals surface area contributed by atoms with Gasteiger partial charge in [0.15, 0.2) is 0 Å². The molecule has 39 heavy (non-hydrogen) atoms. The third kappa shape index (κ3) is 4.31. The summed E-state index contributed by atoms with van der Waals surface area (Å²) in [5.41, 5.74) is 4.65. The van der Waals surface area contributed by atoms with E-state index in [0.29, 0.717) is 27.6 Å². The molecule has 1 aromatic heterocycles. The number of aromatic nitrogens is 1. The van der Waals surface area contributed by atoms with Crippen LogP contribution in [0.15, 0.2) is 97.1 Å². The molecule has 6 heteroatoms. The zero-order chi connectivity index (χ0) is 27.1. The van der Waals surface area contributed by atoms with Gasteiger partial charge in [-0.15, -0.1) is 0 Å². The van der Waals surface area contributed by atoms with E-state index in [2.05, 4.69) is 4.98 Å². The number of phenolic OH excluding ortho intramolecular Hbond substituents is 2. The molecule has 1 atom stereocenters. The van der Waals surface area contributed by atoms with Crippen molar-refractivity contribution in [2.75, 3.05) is 14.2 Å². The van der Waals surface area contributed by atoms with E-state index < -0.39 is 5.92 Å². The van der Waals surface area contributed by atoms with Gasteiger partial charge in [-0.1, -0.05) is 60.1 Å². The van der Waals surface area contributed by atoms with Crippen molar-refractivity contribution in [3.05, 3.63) is 119 Å². The van der Waals surface area contributed by atoms with Crippen LogP contribution in [0.5, 0.6) is 23.0 Å². The van der Waals surface area contributed by atoms with Gasteiger partial charge in [-0.05, 0) is 64.9 Å². The molecule has 0 aliphatic heterocycles. The monoisotopic (exact) mass is 535 g/mol. The molecular formula is C33H26ClNO4. The van der Waals surface area contributed by atoms with Crippen LogP contribution in [0.4, 0.5) is 0 Å². The lowest BCUT2D eigenvalue weighted by Gasteiger charge is -2.22. The summed E-state index contributed by atoms with van der Waals surface area (Å²) >= 11 is 6.43. The molecule has 0 aliphatic carbocycles. The van der Waals surface area contributed by atoms with Crippen molar-refractivity contribution in [1.29, 1.82) is 0 Å². The van der Waals surface area contributed by atoms with E-state index in [1.807, 2.05) is 78.9 Å². The van der Waals surface area contributed by atoms with Crippen LogP contribution >= 0.6 is 11.6 Å². The molecule has 0 radical (unpaired) electrons. The van der Waals surface area contributed by atoms with E-state index in [-0.39, 0.29) is 11.5 Å². The minimum atomic E-state index is -0.477. The molecule has 0 amide bonds. The maximum atomic E-state index is 11.3. The number of benzene rings is 5. The SMILES string of the molecule is COc1cccc(C(c2cc(OC)ccc2O)c2[nH]c3cc(Cl)ccc3c2-c2c(O)ccc3ccccc23)c1. The van der Waals surface area contributed by atoms with Gasteiger partial charge >= 0.3 is 0 Å². The Morgan fingerprint density at radius 1 is 0.692 bits per heavy atom. The van der Waals surface area contributed by atoms with Crippen molar-refractivity contribution in [3.63, 3.8) is 0 Å². The Balaban J connectivity index is 1.76. The molecule has 5 nitrogen and oxygen atoms in total. The van der Waals surface area contributed by atoms with Crippen molar-refractivity contribution < 1.29 is 19.7 Å². The van der Waals surface area contributed by atoms with Gasteiger partial charge in [0.2, 0.25) is 0 Å². The highest BCUT2D eigenvalue weighted by Crippen LogP contribution is 2.49. The quantitative estimate of drug-likeness (QED) is 0.201. The number of hydrogen-bond donors (Lipinski definition) is 3. The Labute approximate surface area is 230 Å². The lowest BCUT2D eigenvalue weighted by atomic mass is 9.83. The molecule has 1 heterocycles. The van der Waals surface area contributed by atoms with E-state index in [0.717, 1.165) is 38.5 Å². The van der Waals surface area contributed by atoms with Gasteiger partial charge < -0.3 is 24.7 Å². The number of ether oxygens (including phenoxy) is 2. The predicted molar refractivity (Wildman–Crippen MR) is 157 cm³/mol. The fraction of sp³-hybridized carbons (Fsp3) is 0.0909. The summed E-state index contributed by atoms with van der Waals surface area (Å²) in [5, 5.41) is 25.9. The molecule has 194 valence electrons. The average molecular weight is 536 g/mol. The van der Waals surface area contributed by atoms with Gasteiger partial charge in [0, 0.05) is 38.3 Å². The maximum Gasteiger partial charge on any atom is 0.124 e. The van der Waals surface area contributed by atoms with Crippen molar-refractivity contribution in [2.24, 2.45) is 0 Å². The number of fused-ring (bicyclic) bond motifs is 2. The number of aromatic amines is 1. The maximum absolute atomic E-state index is 11.3. The topological polar surface area (TPSA) is 74.7 Å². The van der Waals surface area contributed by atoms with Crippen molar-refractivity contribution in [2.45, 2.75) is 5.92 Å². The number of rotatable bonds is 6. The van der Waals surface area contributed by atoms with Crippen LogP contribution in [-0.2, 0) is 0 Å². The first-order chi connectivity index (χ1) is 19.0. The minimum absolute atomic E-state index is 0.119. The summed E-state index contributed by atoms with van der Waals surface area (Å²) in [6.45, 7) is 0. The molecule has 0 bridgehead atoms. The molecular weight excluding hydrogens is 510 g/mol. The van der Waals surface area contributed by atoms with Gasteiger partial charge in [0.05, 0.1) is 20.1 Å². The number of hydrogen-bond acceptors (Lipinski definition) is 4. The van der Waals surface area contributed by atoms with Crippen molar-refractivity contribution in [3.8, 4) is 34.1 Å². The van der Waals surface area contributed by atoms with Crippen LogP contribution in [0.2, 0.25) is 5.02 Å². The summed E-state index contributed by atoms with van der Waals surface area (Å²) in [7, 11) is 3.23. The first-order valence-electron chi connectivity index (χ1n) is 12.5. The predicted octanol–water partition coefficient (Wildman–Crippen LogP) is 8.25. The molecule has 0 saturated heterocycles. The lowest BCUT2D eigenvalue weighted by molar-refractivity contribution is 0.410. The van der Waals surface area contributed by atoms with E-state index >= 15 is 0 Å². The van der Waals surface area contributed by atoms with E-state index in [9.17, 15) is 10.2 Å². The highest BCUT2D eigenvalue weighted by Gasteiger charge is 2.29. The molecule has 5 aromatic carbocycles. The Hall–Kier alpha value is -4.61. The normalized spacial score (nSPS) is 12.1. The second kappa shape index (κ2) is 9.93. The fourth-order valence-corrected chi connectivity index (χ4v) is 5.58. The summed E-state index contributed by atoms with van der Waals surface area (Å²) in [6, 6.07) is 30.2. The van der Waals surface area contributed by atoms with E-state index in [1.165, 1.54) is 0 Å². The fourth-order valence-electron chi connectivity index (χ4n) is 5.41. The Kier molecular flexibility index (Phi) is 6.29. The van der Waals surface area contributed by atoms with Gasteiger partial charge in [-0.2, -0.15) is 0 Å². The second-order valence-electron chi connectivity index (χ2n) is 9.42. The molecule has 0 fully saturated rings. The third-order valence-corrected chi connectivity index (χ3v) is 7.44. The summed E-state index contributed by atoms with van der Waals surface area (Å²) in [4.78, 5) is 3.61. The number of nitrogens with one attached hydrogen (secondary N) is 1. The number of methoxy groups -OCH3 is 2. The van der Waals surface area contributed by atoms with Gasteiger partial charge in [-0.3, -0.25) is 0 Å². The molecule has 1 unspecified atom stereocenters. The average Bonchev–Trinajstić information content (AvgIpc) is 3.31. The highest BCUT2D eigenvalue weighted by molar-refractivity contribution is 6.31. The molecule has 0 saturated carbocycles. The van der Waals surface area contributed by atoms with E-state index in [4.69, 9.17) is 21.1 Å². The summed E-state index contributed by atoms with van der Waals surface area (Å²) in [6.07, 6.45) is 0. The lowest BCUT2D eigenvalue weighted by Crippen LogP contribution is -2.07. The summed E-state index contributed by atoms with van der Waals surface area (Å²) in [5.74, 6) is 1.10. The minimum Gasteiger partial charge on any atom is -0.508 e. The zero-order valence-electron chi connectivity index (χ0n) is 21.4. The van der Waals surface area contributed by atoms with Crippen LogP contribution in [0, 0.1) is 0 Å². The van der Waals surface area contributed by atoms with Crippen LogP contribution < -0.4 is 9.47 Å². The molecule has 6 aromatic rings. The number of halogens is 1. The van der Waals surface area contributed by atoms with E-state index in [1.54, 1.807) is 32.4 Å².